The van der Waals surface area contributed by atoms with Gasteiger partial charge in [0.05, 0.1) is 6.67 Å². The first kappa shape index (κ1) is 6.03. The second-order valence-electron chi connectivity index (χ2n) is 1.79. The van der Waals surface area contributed by atoms with E-state index in [1.807, 2.05) is 0 Å². The molecule has 0 spiro atoms. The van der Waals surface area contributed by atoms with Crippen molar-refractivity contribution < 1.29 is 9.59 Å². The van der Waals surface area contributed by atoms with Crippen LogP contribution < -0.4 is 10.9 Å². The van der Waals surface area contributed by atoms with Gasteiger partial charge in [0.1, 0.15) is 0 Å². The van der Waals surface area contributed by atoms with E-state index in [9.17, 15) is 9.59 Å². The van der Waals surface area contributed by atoms with Gasteiger partial charge in [-0.3, -0.25) is 15.0 Å². The van der Waals surface area contributed by atoms with Crippen LogP contribution in [0.15, 0.2) is 0 Å². The summed E-state index contributed by atoms with van der Waals surface area (Å²) in [5.74, 6) is -1.11. The van der Waals surface area contributed by atoms with Gasteiger partial charge in [0, 0.05) is 7.05 Å². The van der Waals surface area contributed by atoms with Crippen molar-refractivity contribution in [2.75, 3.05) is 13.7 Å². The molecule has 0 atom stereocenters. The largest absolute Gasteiger partial charge is 0.323 e. The number of nitrogens with zero attached hydrogens (tertiary/aromatic N) is 1. The molecule has 0 radical (unpaired) electrons. The fourth-order valence-corrected chi connectivity index (χ4v) is 0.537. The topological polar surface area (TPSA) is 61.4 Å². The van der Waals surface area contributed by atoms with Crippen molar-refractivity contribution in [2.24, 2.45) is 0 Å². The van der Waals surface area contributed by atoms with Gasteiger partial charge in [0.2, 0.25) is 0 Å². The summed E-state index contributed by atoms with van der Waals surface area (Å²) < 4.78 is 0. The molecule has 1 saturated heterocycles. The Balaban J connectivity index is 2.62. The molecule has 1 aliphatic heterocycles. The molecule has 9 heavy (non-hydrogen) atoms. The molecule has 1 heterocycles. The van der Waals surface area contributed by atoms with Crippen LogP contribution in [0.3, 0.4) is 0 Å². The molecule has 2 N–H and O–H groups in total. The minimum Gasteiger partial charge on any atom is -0.323 e. The lowest BCUT2D eigenvalue weighted by Crippen LogP contribution is -2.57. The first-order valence-corrected chi connectivity index (χ1v) is 2.50. The standard InChI is InChI=1S/C4H7N3O2/c1-7-2-5-6-3(8)4(7)9/h5H,2H2,1H3,(H,6,8). The van der Waals surface area contributed by atoms with Crippen molar-refractivity contribution in [2.45, 2.75) is 0 Å². The number of hydrogen-bond donors (Lipinski definition) is 2. The molecule has 0 aromatic rings. The summed E-state index contributed by atoms with van der Waals surface area (Å²) in [7, 11) is 1.55. The first-order chi connectivity index (χ1) is 4.22. The smallest absolute Gasteiger partial charge is 0.323 e. The molecular formula is C4H7N3O2. The van der Waals surface area contributed by atoms with E-state index < -0.39 is 11.8 Å². The summed E-state index contributed by atoms with van der Waals surface area (Å²) in [5.41, 5.74) is 4.70. The molecule has 1 rings (SSSR count). The molecule has 1 aliphatic rings. The Bertz CT molecular complexity index is 156. The van der Waals surface area contributed by atoms with Crippen molar-refractivity contribution in [1.29, 1.82) is 0 Å². The molecule has 1 fully saturated rings. The van der Waals surface area contributed by atoms with E-state index in [0.717, 1.165) is 0 Å². The van der Waals surface area contributed by atoms with Gasteiger partial charge in [0.15, 0.2) is 0 Å². The molecule has 0 aromatic carbocycles. The van der Waals surface area contributed by atoms with Crippen LogP contribution in [0, 0.1) is 0 Å². The minimum atomic E-state index is -0.608. The zero-order valence-corrected chi connectivity index (χ0v) is 4.97. The number of carbonyl (C=O) groups is 2. The quantitative estimate of drug-likeness (QED) is 0.373. The number of rotatable bonds is 0. The van der Waals surface area contributed by atoms with E-state index in [4.69, 9.17) is 0 Å². The van der Waals surface area contributed by atoms with Gasteiger partial charge in [0.25, 0.3) is 0 Å². The number of likely N-dealkylation sites (N-methyl/N-ethyl adjacent to an activating group) is 1. The fourth-order valence-electron chi connectivity index (χ4n) is 0.537. The summed E-state index contributed by atoms with van der Waals surface area (Å²) in [4.78, 5) is 22.3. The van der Waals surface area contributed by atoms with Crippen LogP contribution in [0.25, 0.3) is 0 Å². The molecule has 0 unspecified atom stereocenters. The highest BCUT2D eigenvalue weighted by Crippen LogP contribution is 1.84. The normalized spacial score (nSPS) is 19.9. The summed E-state index contributed by atoms with van der Waals surface area (Å²) in [5, 5.41) is 0. The first-order valence-electron chi connectivity index (χ1n) is 2.50. The Morgan fingerprint density at radius 2 is 2.22 bits per heavy atom. The van der Waals surface area contributed by atoms with E-state index >= 15 is 0 Å². The highest BCUT2D eigenvalue weighted by molar-refractivity contribution is 6.35. The Labute approximate surface area is 52.0 Å². The lowest BCUT2D eigenvalue weighted by Gasteiger charge is -2.22. The van der Waals surface area contributed by atoms with Crippen LogP contribution in [0.2, 0.25) is 0 Å². The fraction of sp³-hybridized carbons (Fsp3) is 0.500. The van der Waals surface area contributed by atoms with Crippen molar-refractivity contribution in [3.63, 3.8) is 0 Å². The molecule has 0 aromatic heterocycles. The number of carbonyl (C=O) groups excluding carboxylic acids is 2. The van der Waals surface area contributed by atoms with Crippen LogP contribution in [0.1, 0.15) is 0 Å². The third-order valence-corrected chi connectivity index (χ3v) is 1.06. The van der Waals surface area contributed by atoms with Crippen LogP contribution in [-0.2, 0) is 9.59 Å². The second-order valence-corrected chi connectivity index (χ2v) is 1.79. The van der Waals surface area contributed by atoms with Gasteiger partial charge >= 0.3 is 11.8 Å². The van der Waals surface area contributed by atoms with Gasteiger partial charge < -0.3 is 4.90 Å². The van der Waals surface area contributed by atoms with Gasteiger partial charge in [-0.05, 0) is 0 Å². The summed E-state index contributed by atoms with van der Waals surface area (Å²) in [6.07, 6.45) is 0. The van der Waals surface area contributed by atoms with E-state index in [0.29, 0.717) is 6.67 Å². The summed E-state index contributed by atoms with van der Waals surface area (Å²) >= 11 is 0. The van der Waals surface area contributed by atoms with E-state index in [1.54, 1.807) is 7.05 Å². The number of hydrazine groups is 1. The molecule has 5 heteroatoms. The Morgan fingerprint density at radius 1 is 1.56 bits per heavy atom. The van der Waals surface area contributed by atoms with Crippen molar-refractivity contribution in [3.05, 3.63) is 0 Å². The molecule has 0 bridgehead atoms. The van der Waals surface area contributed by atoms with Gasteiger partial charge in [-0.1, -0.05) is 0 Å². The lowest BCUT2D eigenvalue weighted by molar-refractivity contribution is -0.148. The molecule has 5 nitrogen and oxygen atoms in total. The maximum absolute atomic E-state index is 10.6. The number of nitrogens with one attached hydrogen (secondary N) is 2. The van der Waals surface area contributed by atoms with E-state index in [1.165, 1.54) is 4.90 Å². The number of hydrogen-bond acceptors (Lipinski definition) is 3. The van der Waals surface area contributed by atoms with Crippen LogP contribution in [-0.4, -0.2) is 30.4 Å². The second kappa shape index (κ2) is 2.02. The van der Waals surface area contributed by atoms with E-state index in [-0.39, 0.29) is 0 Å². The molecule has 0 saturated carbocycles. The van der Waals surface area contributed by atoms with E-state index in [2.05, 4.69) is 10.9 Å². The van der Waals surface area contributed by atoms with Crippen molar-refractivity contribution in [3.8, 4) is 0 Å². The zero-order valence-electron chi connectivity index (χ0n) is 4.97. The highest BCUT2D eigenvalue weighted by Gasteiger charge is 2.21. The Hall–Kier alpha value is -1.10. The lowest BCUT2D eigenvalue weighted by atomic mass is 10.5. The Morgan fingerprint density at radius 3 is 2.67 bits per heavy atom. The highest BCUT2D eigenvalue weighted by atomic mass is 16.2. The summed E-state index contributed by atoms with van der Waals surface area (Å²) in [6.45, 7) is 0.366. The maximum atomic E-state index is 10.6. The SMILES string of the molecule is CN1CNNC(=O)C1=O. The number of amides is 2. The molecular weight excluding hydrogens is 122 g/mol. The minimum absolute atomic E-state index is 0.366. The predicted molar refractivity (Wildman–Crippen MR) is 28.9 cm³/mol. The van der Waals surface area contributed by atoms with Crippen LogP contribution in [0.5, 0.6) is 0 Å². The van der Waals surface area contributed by atoms with Crippen LogP contribution in [0.4, 0.5) is 0 Å². The maximum Gasteiger partial charge on any atom is 0.323 e. The van der Waals surface area contributed by atoms with Crippen LogP contribution >= 0.6 is 0 Å². The predicted octanol–water partition coefficient (Wildman–Crippen LogP) is -1.96. The monoisotopic (exact) mass is 129 g/mol. The van der Waals surface area contributed by atoms with Gasteiger partial charge in [-0.25, -0.2) is 5.43 Å². The third kappa shape index (κ3) is 0.996. The molecule has 0 aliphatic carbocycles. The molecule has 2 amide bonds. The summed E-state index contributed by atoms with van der Waals surface area (Å²) in [6, 6.07) is 0. The van der Waals surface area contributed by atoms with Crippen molar-refractivity contribution in [1.82, 2.24) is 15.8 Å². The van der Waals surface area contributed by atoms with Crippen molar-refractivity contribution >= 4 is 11.8 Å². The Kier molecular flexibility index (Phi) is 1.35. The van der Waals surface area contributed by atoms with Gasteiger partial charge in [-0.15, -0.1) is 0 Å². The average molecular weight is 129 g/mol. The zero-order chi connectivity index (χ0) is 6.85. The molecule has 50 valence electrons. The van der Waals surface area contributed by atoms with Gasteiger partial charge in [-0.2, -0.15) is 0 Å². The average Bonchev–Trinajstić information content (AvgIpc) is 1.83. The third-order valence-electron chi connectivity index (χ3n) is 1.06.